The molecular formula is C20H31N2O5. The molecule has 0 aromatic carbocycles. The van der Waals surface area contributed by atoms with E-state index in [-0.39, 0.29) is 30.7 Å². The minimum atomic E-state index is -0.535. The summed E-state index contributed by atoms with van der Waals surface area (Å²) in [7, 11) is 0. The van der Waals surface area contributed by atoms with Crippen LogP contribution < -0.4 is 0 Å². The number of hydrogen-bond donors (Lipinski definition) is 0. The maximum Gasteiger partial charge on any atom is 0.246 e. The number of nitrogens with zero attached hydrogens (tertiary/aromatic N) is 2. The average Bonchev–Trinajstić information content (AvgIpc) is 2.63. The van der Waals surface area contributed by atoms with E-state index in [9.17, 15) is 25.0 Å². The summed E-state index contributed by atoms with van der Waals surface area (Å²) in [6.07, 6.45) is 17.4. The molecule has 0 fully saturated rings. The van der Waals surface area contributed by atoms with Gasteiger partial charge in [0.2, 0.25) is 11.4 Å². The fraction of sp³-hybridized carbons (Fsp3) is 0.650. The molecule has 151 valence electrons. The zero-order valence-corrected chi connectivity index (χ0v) is 16.2. The van der Waals surface area contributed by atoms with Crippen molar-refractivity contribution in [2.45, 2.75) is 84.0 Å². The first kappa shape index (κ1) is 24.7. The van der Waals surface area contributed by atoms with Crippen LogP contribution in [-0.4, -0.2) is 16.1 Å². The van der Waals surface area contributed by atoms with E-state index >= 15 is 0 Å². The van der Waals surface area contributed by atoms with Crippen molar-refractivity contribution < 1.29 is 14.6 Å². The van der Waals surface area contributed by atoms with E-state index < -0.39 is 9.85 Å². The molecule has 7 heteroatoms. The van der Waals surface area contributed by atoms with Gasteiger partial charge in [0.15, 0.2) is 6.29 Å². The summed E-state index contributed by atoms with van der Waals surface area (Å²) in [6, 6.07) is 0. The molecule has 0 atom stereocenters. The average molecular weight is 379 g/mol. The van der Waals surface area contributed by atoms with Crippen molar-refractivity contribution in [2.24, 2.45) is 0 Å². The molecule has 0 rings (SSSR count). The Morgan fingerprint density at radius 1 is 0.815 bits per heavy atom. The molecular weight excluding hydrogens is 348 g/mol. The molecule has 0 amide bonds. The van der Waals surface area contributed by atoms with Crippen molar-refractivity contribution in [3.63, 3.8) is 0 Å². The molecule has 0 bridgehead atoms. The van der Waals surface area contributed by atoms with Gasteiger partial charge in [-0.25, -0.2) is 0 Å². The maximum absolute atomic E-state index is 11.1. The van der Waals surface area contributed by atoms with Gasteiger partial charge in [-0.1, -0.05) is 51.2 Å². The Hall–Kier alpha value is -2.31. The molecule has 0 unspecified atom stereocenters. The third-order valence-corrected chi connectivity index (χ3v) is 4.10. The highest BCUT2D eigenvalue weighted by Crippen LogP contribution is 2.13. The quantitative estimate of drug-likeness (QED) is 0.140. The summed E-state index contributed by atoms with van der Waals surface area (Å²) in [5.41, 5.74) is -0.125. The van der Waals surface area contributed by atoms with E-state index in [1.165, 1.54) is 44.3 Å². The third kappa shape index (κ3) is 14.5. The largest absolute Gasteiger partial charge is 0.291 e. The lowest BCUT2D eigenvalue weighted by molar-refractivity contribution is -0.431. The molecule has 0 aliphatic carbocycles. The fourth-order valence-corrected chi connectivity index (χ4v) is 2.49. The summed E-state index contributed by atoms with van der Waals surface area (Å²) < 4.78 is 0. The second-order valence-corrected chi connectivity index (χ2v) is 6.38. The van der Waals surface area contributed by atoms with Crippen molar-refractivity contribution >= 4 is 6.29 Å². The highest BCUT2D eigenvalue weighted by atomic mass is 16.6. The lowest BCUT2D eigenvalue weighted by atomic mass is 10.1. The summed E-state index contributed by atoms with van der Waals surface area (Å²) in [5.74, 6) is 0. The van der Waals surface area contributed by atoms with Crippen LogP contribution in [0.3, 0.4) is 0 Å². The highest BCUT2D eigenvalue weighted by Gasteiger charge is 2.13. The van der Waals surface area contributed by atoms with Gasteiger partial charge in [-0.15, -0.1) is 0 Å². The number of hydrogen-bond acceptors (Lipinski definition) is 5. The lowest BCUT2D eigenvalue weighted by Crippen LogP contribution is -2.01. The molecule has 0 saturated heterocycles. The van der Waals surface area contributed by atoms with Gasteiger partial charge < -0.3 is 0 Å². The van der Waals surface area contributed by atoms with Crippen molar-refractivity contribution in [3.05, 3.63) is 55.9 Å². The van der Waals surface area contributed by atoms with Crippen LogP contribution in [0.1, 0.15) is 84.0 Å². The van der Waals surface area contributed by atoms with Crippen LogP contribution in [0.15, 0.2) is 35.7 Å². The molecule has 0 aromatic rings. The first-order valence-corrected chi connectivity index (χ1v) is 9.69. The molecule has 1 radical (unpaired) electrons. The van der Waals surface area contributed by atoms with Crippen molar-refractivity contribution in [2.75, 3.05) is 0 Å². The summed E-state index contributed by atoms with van der Waals surface area (Å²) >= 11 is 0. The Morgan fingerprint density at radius 3 is 2.07 bits per heavy atom. The Balaban J connectivity index is 4.42. The number of rotatable bonds is 17. The van der Waals surface area contributed by atoms with Crippen molar-refractivity contribution in [1.29, 1.82) is 0 Å². The number of nitro groups is 2. The molecule has 0 heterocycles. The number of allylic oxidation sites excluding steroid dienone is 4. The Bertz CT molecular complexity index is 538. The van der Waals surface area contributed by atoms with E-state index in [1.807, 2.05) is 6.08 Å². The molecule has 0 saturated carbocycles. The number of carbonyl (C=O) groups excluding carboxylic acids is 1. The summed E-state index contributed by atoms with van der Waals surface area (Å²) in [6.45, 7) is 2.18. The Kier molecular flexibility index (Phi) is 15.7. The minimum Gasteiger partial charge on any atom is -0.291 e. The molecule has 0 aliphatic rings. The summed E-state index contributed by atoms with van der Waals surface area (Å²) in [4.78, 5) is 31.2. The summed E-state index contributed by atoms with van der Waals surface area (Å²) in [5, 5.41) is 22.1. The van der Waals surface area contributed by atoms with Gasteiger partial charge in [-0.05, 0) is 37.8 Å². The molecule has 0 aromatic heterocycles. The molecule has 0 N–H and O–H groups in total. The van der Waals surface area contributed by atoms with E-state index in [1.54, 1.807) is 12.4 Å². The highest BCUT2D eigenvalue weighted by molar-refractivity contribution is 5.50. The van der Waals surface area contributed by atoms with Gasteiger partial charge in [-0.2, -0.15) is 0 Å². The molecule has 0 spiro atoms. The van der Waals surface area contributed by atoms with Gasteiger partial charge in [0.05, 0.1) is 22.7 Å². The monoisotopic (exact) mass is 379 g/mol. The second-order valence-electron chi connectivity index (χ2n) is 6.38. The zero-order chi connectivity index (χ0) is 20.3. The minimum absolute atomic E-state index is 0.0387. The van der Waals surface area contributed by atoms with Crippen LogP contribution >= 0.6 is 0 Å². The standard InChI is InChI=1S/C20H31N2O5/c1-2-3-4-5-6-7-8-9-11-14-19(21(24)25)16-17-20(22(26)27)15-12-10-13-18-23/h9,11,15-16H,2-8,10,12-14,17H2,1H3/b11-9+,19-16-,20-15-. The van der Waals surface area contributed by atoms with E-state index in [0.29, 0.717) is 12.8 Å². The second kappa shape index (κ2) is 17.1. The lowest BCUT2D eigenvalue weighted by Gasteiger charge is -1.98. The van der Waals surface area contributed by atoms with Crippen LogP contribution in [0.4, 0.5) is 0 Å². The van der Waals surface area contributed by atoms with Crippen LogP contribution in [-0.2, 0) is 4.79 Å². The molecule has 7 nitrogen and oxygen atoms in total. The van der Waals surface area contributed by atoms with E-state index in [2.05, 4.69) is 6.92 Å². The smallest absolute Gasteiger partial charge is 0.246 e. The van der Waals surface area contributed by atoms with Crippen molar-refractivity contribution in [1.82, 2.24) is 0 Å². The van der Waals surface area contributed by atoms with Gasteiger partial charge in [0.1, 0.15) is 0 Å². The van der Waals surface area contributed by atoms with E-state index in [0.717, 1.165) is 12.8 Å². The SMILES string of the molecule is CCCCCCCC/C=C/C/C(=C/C/C(=C/CCC[C]=O)[N+](=O)[O-])[N+](=O)[O-]. The zero-order valence-electron chi connectivity index (χ0n) is 16.2. The van der Waals surface area contributed by atoms with Crippen LogP contribution in [0.25, 0.3) is 0 Å². The van der Waals surface area contributed by atoms with Crippen LogP contribution in [0.5, 0.6) is 0 Å². The molecule has 0 aliphatic heterocycles. The van der Waals surface area contributed by atoms with Gasteiger partial charge in [-0.3, -0.25) is 25.0 Å². The fourth-order valence-electron chi connectivity index (χ4n) is 2.49. The van der Waals surface area contributed by atoms with Gasteiger partial charge in [0.25, 0.3) is 0 Å². The number of unbranched alkanes of at least 4 members (excludes halogenated alkanes) is 8. The van der Waals surface area contributed by atoms with Crippen LogP contribution in [0, 0.1) is 20.2 Å². The van der Waals surface area contributed by atoms with Crippen LogP contribution in [0.2, 0.25) is 0 Å². The predicted octanol–water partition coefficient (Wildman–Crippen LogP) is 5.67. The Labute approximate surface area is 161 Å². The van der Waals surface area contributed by atoms with Gasteiger partial charge >= 0.3 is 0 Å². The molecule has 27 heavy (non-hydrogen) atoms. The Morgan fingerprint density at radius 2 is 1.44 bits per heavy atom. The first-order valence-electron chi connectivity index (χ1n) is 9.69. The topological polar surface area (TPSA) is 103 Å². The third-order valence-electron chi connectivity index (χ3n) is 4.10. The van der Waals surface area contributed by atoms with Crippen molar-refractivity contribution in [3.8, 4) is 0 Å². The normalized spacial score (nSPS) is 12.5. The maximum atomic E-state index is 11.1. The van der Waals surface area contributed by atoms with E-state index in [4.69, 9.17) is 0 Å². The predicted molar refractivity (Wildman–Crippen MR) is 106 cm³/mol. The van der Waals surface area contributed by atoms with Gasteiger partial charge in [0, 0.05) is 6.42 Å². The first-order chi connectivity index (χ1) is 13.0.